The summed E-state index contributed by atoms with van der Waals surface area (Å²) < 4.78 is 4.98. The summed E-state index contributed by atoms with van der Waals surface area (Å²) >= 11 is 0. The number of nitrogens with zero attached hydrogens (tertiary/aromatic N) is 2. The van der Waals surface area contributed by atoms with Crippen molar-refractivity contribution in [1.82, 2.24) is 15.6 Å². The highest BCUT2D eigenvalue weighted by Gasteiger charge is 2.35. The monoisotopic (exact) mass is 282 g/mol. The highest BCUT2D eigenvalue weighted by atomic mass is 16.5. The first-order valence-electron chi connectivity index (χ1n) is 6.67. The predicted molar refractivity (Wildman–Crippen MR) is 69.8 cm³/mol. The van der Waals surface area contributed by atoms with Crippen LogP contribution in [0.3, 0.4) is 0 Å². The molecule has 110 valence electrons. The Morgan fingerprint density at radius 3 is 2.90 bits per heavy atom. The van der Waals surface area contributed by atoms with E-state index < -0.39 is 12.0 Å². The Bertz CT molecular complexity index is 449. The Labute approximate surface area is 116 Å². The molecule has 1 atom stereocenters. The number of nitrogens with one attached hydrogen (secondary N) is 2. The summed E-state index contributed by atoms with van der Waals surface area (Å²) in [5.41, 5.74) is 2.57. The third-order valence-corrected chi connectivity index (χ3v) is 3.21. The van der Waals surface area contributed by atoms with Crippen LogP contribution in [0.4, 0.5) is 0 Å². The molecular weight excluding hydrogens is 264 g/mol. The van der Waals surface area contributed by atoms with Gasteiger partial charge in [0.2, 0.25) is 5.91 Å². The smallest absolute Gasteiger partial charge is 0.330 e. The number of carbonyl (C=O) groups is 3. The van der Waals surface area contributed by atoms with E-state index in [1.165, 1.54) is 4.90 Å². The van der Waals surface area contributed by atoms with Crippen LogP contribution in [0.5, 0.6) is 0 Å². The van der Waals surface area contributed by atoms with E-state index in [2.05, 4.69) is 15.8 Å². The van der Waals surface area contributed by atoms with E-state index in [0.29, 0.717) is 26.1 Å². The van der Waals surface area contributed by atoms with Gasteiger partial charge in [0.15, 0.2) is 0 Å². The van der Waals surface area contributed by atoms with Crippen molar-refractivity contribution in [2.24, 2.45) is 5.10 Å². The highest BCUT2D eigenvalue weighted by molar-refractivity contribution is 6.39. The summed E-state index contributed by atoms with van der Waals surface area (Å²) in [5.74, 6) is -0.943. The summed E-state index contributed by atoms with van der Waals surface area (Å²) in [7, 11) is 0. The number of ether oxygens (including phenoxy) is 1. The van der Waals surface area contributed by atoms with Gasteiger partial charge < -0.3 is 15.0 Å². The Balaban J connectivity index is 2.09. The maximum atomic E-state index is 12.4. The molecule has 2 heterocycles. The van der Waals surface area contributed by atoms with Gasteiger partial charge in [-0.3, -0.25) is 9.59 Å². The molecule has 8 nitrogen and oxygen atoms in total. The average molecular weight is 282 g/mol. The fraction of sp³-hybridized carbons (Fsp3) is 0.667. The molecular formula is C12H18N4O4. The Morgan fingerprint density at radius 2 is 2.25 bits per heavy atom. The van der Waals surface area contributed by atoms with Crippen LogP contribution in [-0.4, -0.2) is 60.7 Å². The maximum absolute atomic E-state index is 12.4. The highest BCUT2D eigenvalue weighted by Crippen LogP contribution is 2.10. The zero-order valence-corrected chi connectivity index (χ0v) is 11.3. The molecule has 2 rings (SSSR count). The second-order valence-electron chi connectivity index (χ2n) is 4.56. The zero-order valence-electron chi connectivity index (χ0n) is 11.3. The van der Waals surface area contributed by atoms with Crippen molar-refractivity contribution in [1.29, 1.82) is 0 Å². The number of carbonyl (C=O) groups excluding carboxylic acids is 3. The molecule has 20 heavy (non-hydrogen) atoms. The van der Waals surface area contributed by atoms with Crippen LogP contribution in [0, 0.1) is 0 Å². The van der Waals surface area contributed by atoms with Gasteiger partial charge in [-0.15, -0.1) is 0 Å². The minimum Gasteiger partial charge on any atom is -0.464 e. The van der Waals surface area contributed by atoms with Crippen LogP contribution in [0.15, 0.2) is 5.10 Å². The van der Waals surface area contributed by atoms with Gasteiger partial charge >= 0.3 is 5.97 Å². The number of hydrogen-bond acceptors (Lipinski definition) is 6. The summed E-state index contributed by atoms with van der Waals surface area (Å²) in [5, 5.41) is 6.84. The molecule has 1 fully saturated rings. The van der Waals surface area contributed by atoms with Crippen LogP contribution in [0.1, 0.15) is 19.8 Å². The molecule has 0 aliphatic carbocycles. The van der Waals surface area contributed by atoms with Gasteiger partial charge in [0, 0.05) is 32.5 Å². The first kappa shape index (κ1) is 14.4. The molecule has 2 aliphatic rings. The third-order valence-electron chi connectivity index (χ3n) is 3.21. The average Bonchev–Trinajstić information content (AvgIpc) is 2.47. The summed E-state index contributed by atoms with van der Waals surface area (Å²) in [6.45, 7) is 3.39. The van der Waals surface area contributed by atoms with Crippen LogP contribution in [0.25, 0.3) is 0 Å². The number of rotatable bonds is 3. The number of hydrazone groups is 1. The summed E-state index contributed by atoms with van der Waals surface area (Å²) in [4.78, 5) is 36.8. The van der Waals surface area contributed by atoms with E-state index in [1.54, 1.807) is 6.92 Å². The van der Waals surface area contributed by atoms with Crippen molar-refractivity contribution in [3.63, 3.8) is 0 Å². The molecule has 1 saturated heterocycles. The van der Waals surface area contributed by atoms with Crippen LogP contribution in [-0.2, 0) is 19.1 Å². The fourth-order valence-electron chi connectivity index (χ4n) is 2.19. The van der Waals surface area contributed by atoms with Crippen LogP contribution >= 0.6 is 0 Å². The molecule has 0 spiro atoms. The molecule has 1 unspecified atom stereocenters. The molecule has 0 bridgehead atoms. The van der Waals surface area contributed by atoms with E-state index in [4.69, 9.17) is 4.74 Å². The molecule has 0 saturated carbocycles. The van der Waals surface area contributed by atoms with E-state index in [9.17, 15) is 14.4 Å². The lowest BCUT2D eigenvalue weighted by Gasteiger charge is -2.34. The molecule has 0 radical (unpaired) electrons. The second kappa shape index (κ2) is 6.47. The molecule has 8 heteroatoms. The van der Waals surface area contributed by atoms with Crippen LogP contribution in [0.2, 0.25) is 0 Å². The Morgan fingerprint density at radius 1 is 1.45 bits per heavy atom. The third kappa shape index (κ3) is 3.13. The van der Waals surface area contributed by atoms with E-state index >= 15 is 0 Å². The minimum absolute atomic E-state index is 0.205. The minimum atomic E-state index is -0.642. The molecule has 0 aromatic rings. The van der Waals surface area contributed by atoms with Gasteiger partial charge in [-0.05, 0) is 6.92 Å². The van der Waals surface area contributed by atoms with Crippen molar-refractivity contribution in [3.8, 4) is 0 Å². The maximum Gasteiger partial charge on any atom is 0.330 e. The zero-order chi connectivity index (χ0) is 14.5. The number of amides is 2. The van der Waals surface area contributed by atoms with Crippen LogP contribution < -0.4 is 10.7 Å². The summed E-state index contributed by atoms with van der Waals surface area (Å²) in [6, 6.07) is -0.642. The second-order valence-corrected chi connectivity index (χ2v) is 4.56. The van der Waals surface area contributed by atoms with Crippen molar-refractivity contribution >= 4 is 23.5 Å². The number of hydrogen-bond donors (Lipinski definition) is 2. The van der Waals surface area contributed by atoms with Gasteiger partial charge in [-0.25, -0.2) is 10.2 Å². The van der Waals surface area contributed by atoms with Gasteiger partial charge in [0.1, 0.15) is 11.8 Å². The summed E-state index contributed by atoms with van der Waals surface area (Å²) in [6.07, 6.45) is 0.533. The molecule has 0 aromatic carbocycles. The molecule has 2 amide bonds. The first-order valence-corrected chi connectivity index (χ1v) is 6.67. The largest absolute Gasteiger partial charge is 0.464 e. The van der Waals surface area contributed by atoms with Crippen molar-refractivity contribution in [2.75, 3.05) is 26.2 Å². The Hall–Kier alpha value is -1.96. The Kier molecular flexibility index (Phi) is 4.67. The lowest BCUT2D eigenvalue weighted by atomic mass is 10.1. The molecule has 0 aromatic heterocycles. The topological polar surface area (TPSA) is 100 Å². The van der Waals surface area contributed by atoms with Gasteiger partial charge in [-0.1, -0.05) is 0 Å². The fourth-order valence-corrected chi connectivity index (χ4v) is 2.19. The van der Waals surface area contributed by atoms with E-state index in [1.807, 2.05) is 0 Å². The standard InChI is InChI=1S/C12H18N4O4/c1-2-20-12(19)9-7-13-5-6-16(9)11(18)8-3-4-10(17)15-14-8/h9,13H,2-7H2,1H3,(H,15,17). The first-order chi connectivity index (χ1) is 9.63. The lowest BCUT2D eigenvalue weighted by Crippen LogP contribution is -2.59. The SMILES string of the molecule is CCOC(=O)C1CNCCN1C(=O)C1=NNC(=O)CC1. The quantitative estimate of drug-likeness (QED) is 0.621. The molecule has 2 N–H and O–H groups in total. The van der Waals surface area contributed by atoms with Gasteiger partial charge in [0.05, 0.1) is 6.61 Å². The van der Waals surface area contributed by atoms with Gasteiger partial charge in [-0.2, -0.15) is 5.10 Å². The lowest BCUT2D eigenvalue weighted by molar-refractivity contribution is -0.154. The van der Waals surface area contributed by atoms with Crippen molar-refractivity contribution < 1.29 is 19.1 Å². The van der Waals surface area contributed by atoms with Gasteiger partial charge in [0.25, 0.3) is 5.91 Å². The normalized spacial score (nSPS) is 22.9. The van der Waals surface area contributed by atoms with Crippen molar-refractivity contribution in [3.05, 3.63) is 0 Å². The van der Waals surface area contributed by atoms with Crippen molar-refractivity contribution in [2.45, 2.75) is 25.8 Å². The van der Waals surface area contributed by atoms with E-state index in [-0.39, 0.29) is 30.6 Å². The predicted octanol–water partition coefficient (Wildman–Crippen LogP) is -1.38. The number of piperazine rings is 1. The molecule has 2 aliphatic heterocycles. The van der Waals surface area contributed by atoms with E-state index in [0.717, 1.165) is 0 Å². The number of esters is 1.